The Morgan fingerprint density at radius 1 is 1.04 bits per heavy atom. The van der Waals surface area contributed by atoms with Crippen LogP contribution in [0.2, 0.25) is 0 Å². The fourth-order valence-corrected chi connectivity index (χ4v) is 3.33. The van der Waals surface area contributed by atoms with Gasteiger partial charge in [-0.05, 0) is 38.3 Å². The quantitative estimate of drug-likeness (QED) is 0.747. The monoisotopic (exact) mass is 351 g/mol. The van der Waals surface area contributed by atoms with Crippen LogP contribution in [0.15, 0.2) is 54.6 Å². The molecule has 0 saturated carbocycles. The van der Waals surface area contributed by atoms with Crippen LogP contribution >= 0.6 is 0 Å². The number of hydrogen-bond donors (Lipinski definition) is 0. The number of ketones is 1. The molecular formula is C22H25NO3. The third-order valence-electron chi connectivity index (χ3n) is 4.51. The molecule has 0 spiro atoms. The van der Waals surface area contributed by atoms with E-state index in [0.717, 1.165) is 12.0 Å². The van der Waals surface area contributed by atoms with E-state index in [1.54, 1.807) is 4.90 Å². The normalized spacial score (nSPS) is 16.7. The molecule has 0 saturated heterocycles. The number of amides is 1. The molecule has 26 heavy (non-hydrogen) atoms. The van der Waals surface area contributed by atoms with Gasteiger partial charge >= 0.3 is 6.09 Å². The first-order valence-corrected chi connectivity index (χ1v) is 9.01. The lowest BCUT2D eigenvalue weighted by atomic mass is 9.89. The van der Waals surface area contributed by atoms with Crippen molar-refractivity contribution in [3.63, 3.8) is 0 Å². The lowest BCUT2D eigenvalue weighted by molar-refractivity contribution is 0.0137. The molecule has 1 aliphatic heterocycles. The summed E-state index contributed by atoms with van der Waals surface area (Å²) >= 11 is 0. The van der Waals surface area contributed by atoms with Gasteiger partial charge in [0.2, 0.25) is 0 Å². The van der Waals surface area contributed by atoms with Crippen molar-refractivity contribution in [2.24, 2.45) is 0 Å². The molecule has 136 valence electrons. The summed E-state index contributed by atoms with van der Waals surface area (Å²) in [5.41, 5.74) is 2.33. The van der Waals surface area contributed by atoms with Crippen molar-refractivity contribution >= 4 is 11.9 Å². The van der Waals surface area contributed by atoms with E-state index in [2.05, 4.69) is 6.07 Å². The summed E-state index contributed by atoms with van der Waals surface area (Å²) in [6.45, 7) is 6.12. The molecule has 2 aromatic carbocycles. The van der Waals surface area contributed by atoms with Crippen molar-refractivity contribution in [1.29, 1.82) is 0 Å². The summed E-state index contributed by atoms with van der Waals surface area (Å²) in [5.74, 6) is 0.0286. The second kappa shape index (κ2) is 7.32. The minimum absolute atomic E-state index is 0.0286. The van der Waals surface area contributed by atoms with Crippen LogP contribution in [0.4, 0.5) is 4.79 Å². The van der Waals surface area contributed by atoms with Crippen molar-refractivity contribution < 1.29 is 14.3 Å². The molecule has 0 aliphatic carbocycles. The van der Waals surface area contributed by atoms with Crippen molar-refractivity contribution in [3.8, 4) is 0 Å². The Morgan fingerprint density at radius 3 is 2.38 bits per heavy atom. The number of Topliss-reactive ketones (excluding diaryl/α,β-unsaturated/α-hetero) is 1. The number of benzene rings is 2. The molecule has 0 bridgehead atoms. The number of carbonyl (C=O) groups excluding carboxylic acids is 2. The van der Waals surface area contributed by atoms with Crippen molar-refractivity contribution in [3.05, 3.63) is 71.3 Å². The fraction of sp³-hybridized carbons (Fsp3) is 0.364. The minimum Gasteiger partial charge on any atom is -0.444 e. The molecular weight excluding hydrogens is 326 g/mol. The molecule has 1 atom stereocenters. The van der Waals surface area contributed by atoms with Crippen LogP contribution in [0.25, 0.3) is 0 Å². The molecule has 4 heteroatoms. The highest BCUT2D eigenvalue weighted by atomic mass is 16.6. The van der Waals surface area contributed by atoms with E-state index in [1.807, 2.05) is 69.3 Å². The number of hydrogen-bond acceptors (Lipinski definition) is 3. The van der Waals surface area contributed by atoms with Crippen molar-refractivity contribution in [2.45, 2.75) is 45.3 Å². The molecule has 4 nitrogen and oxygen atoms in total. The lowest BCUT2D eigenvalue weighted by Gasteiger charge is -2.38. The molecule has 0 aromatic heterocycles. The standard InChI is InChI=1S/C22H25NO3/c1-22(2,3)26-21(25)23-14-13-16-9-7-8-12-18(16)19(23)15-20(24)17-10-5-4-6-11-17/h4-12,19H,13-15H2,1-3H3. The van der Waals surface area contributed by atoms with Crippen LogP contribution in [0.1, 0.15) is 54.7 Å². The van der Waals surface area contributed by atoms with Crippen LogP contribution in [0, 0.1) is 0 Å². The third-order valence-corrected chi connectivity index (χ3v) is 4.51. The van der Waals surface area contributed by atoms with Gasteiger partial charge in [0.15, 0.2) is 5.78 Å². The zero-order valence-electron chi connectivity index (χ0n) is 15.6. The molecule has 0 N–H and O–H groups in total. The first-order chi connectivity index (χ1) is 12.3. The molecule has 1 amide bonds. The van der Waals surface area contributed by atoms with Gasteiger partial charge in [0.25, 0.3) is 0 Å². The fourth-order valence-electron chi connectivity index (χ4n) is 3.33. The zero-order chi connectivity index (χ0) is 18.7. The molecule has 1 unspecified atom stereocenters. The predicted molar refractivity (Wildman–Crippen MR) is 101 cm³/mol. The highest BCUT2D eigenvalue weighted by Gasteiger charge is 2.34. The number of carbonyl (C=O) groups is 2. The van der Waals surface area contributed by atoms with E-state index in [4.69, 9.17) is 4.74 Å². The molecule has 1 heterocycles. The second-order valence-electron chi connectivity index (χ2n) is 7.63. The maximum Gasteiger partial charge on any atom is 0.410 e. The summed E-state index contributed by atoms with van der Waals surface area (Å²) in [6, 6.07) is 17.0. The van der Waals surface area contributed by atoms with Gasteiger partial charge in [-0.15, -0.1) is 0 Å². The van der Waals surface area contributed by atoms with Gasteiger partial charge in [-0.2, -0.15) is 0 Å². The molecule has 1 aliphatic rings. The smallest absolute Gasteiger partial charge is 0.410 e. The van der Waals surface area contributed by atoms with E-state index < -0.39 is 5.60 Å². The number of fused-ring (bicyclic) bond motifs is 1. The third kappa shape index (κ3) is 4.13. The summed E-state index contributed by atoms with van der Waals surface area (Å²) in [7, 11) is 0. The highest BCUT2D eigenvalue weighted by Crippen LogP contribution is 2.34. The van der Waals surface area contributed by atoms with Crippen molar-refractivity contribution in [2.75, 3.05) is 6.54 Å². The maximum absolute atomic E-state index is 12.8. The molecule has 2 aromatic rings. The summed E-state index contributed by atoms with van der Waals surface area (Å²) in [6.07, 6.45) is 0.656. The predicted octanol–water partition coefficient (Wildman–Crippen LogP) is 4.79. The van der Waals surface area contributed by atoms with E-state index >= 15 is 0 Å². The Morgan fingerprint density at radius 2 is 1.69 bits per heavy atom. The van der Waals surface area contributed by atoms with Gasteiger partial charge in [-0.1, -0.05) is 54.6 Å². The van der Waals surface area contributed by atoms with Gasteiger partial charge in [0, 0.05) is 18.5 Å². The van der Waals surface area contributed by atoms with Crippen LogP contribution in [-0.2, 0) is 11.2 Å². The van der Waals surface area contributed by atoms with Crippen molar-refractivity contribution in [1.82, 2.24) is 4.90 Å². The van der Waals surface area contributed by atoms with Gasteiger partial charge in [-0.25, -0.2) is 4.79 Å². The van der Waals surface area contributed by atoms with E-state index in [0.29, 0.717) is 12.1 Å². The summed E-state index contributed by atoms with van der Waals surface area (Å²) in [4.78, 5) is 27.2. The topological polar surface area (TPSA) is 46.6 Å². The van der Waals surface area contributed by atoms with Crippen LogP contribution in [-0.4, -0.2) is 28.9 Å². The largest absolute Gasteiger partial charge is 0.444 e. The molecule has 3 rings (SSSR count). The Hall–Kier alpha value is -2.62. The molecule has 0 fully saturated rings. The number of ether oxygens (including phenoxy) is 1. The van der Waals surface area contributed by atoms with Crippen LogP contribution < -0.4 is 0 Å². The minimum atomic E-state index is -0.567. The van der Waals surface area contributed by atoms with E-state index in [1.165, 1.54) is 5.56 Å². The number of nitrogens with zero attached hydrogens (tertiary/aromatic N) is 1. The van der Waals surface area contributed by atoms with Gasteiger partial charge in [0.05, 0.1) is 6.04 Å². The van der Waals surface area contributed by atoms with Gasteiger partial charge < -0.3 is 9.64 Å². The average molecular weight is 351 g/mol. The number of rotatable bonds is 3. The van der Waals surface area contributed by atoms with E-state index in [9.17, 15) is 9.59 Å². The van der Waals surface area contributed by atoms with E-state index in [-0.39, 0.29) is 24.3 Å². The summed E-state index contributed by atoms with van der Waals surface area (Å²) in [5, 5.41) is 0. The zero-order valence-corrected chi connectivity index (χ0v) is 15.6. The molecule has 0 radical (unpaired) electrons. The highest BCUT2D eigenvalue weighted by molar-refractivity contribution is 5.96. The van der Waals surface area contributed by atoms with Gasteiger partial charge in [0.1, 0.15) is 5.60 Å². The first-order valence-electron chi connectivity index (χ1n) is 9.01. The Balaban J connectivity index is 1.90. The second-order valence-corrected chi connectivity index (χ2v) is 7.63. The van der Waals surface area contributed by atoms with Crippen LogP contribution in [0.5, 0.6) is 0 Å². The Labute approximate surface area is 154 Å². The lowest BCUT2D eigenvalue weighted by Crippen LogP contribution is -2.43. The summed E-state index contributed by atoms with van der Waals surface area (Å²) < 4.78 is 5.59. The maximum atomic E-state index is 12.8. The Bertz CT molecular complexity index is 793. The first kappa shape index (κ1) is 18.2. The average Bonchev–Trinajstić information content (AvgIpc) is 2.61. The van der Waals surface area contributed by atoms with Gasteiger partial charge in [-0.3, -0.25) is 4.79 Å². The SMILES string of the molecule is CC(C)(C)OC(=O)N1CCc2ccccc2C1CC(=O)c1ccccc1. The Kier molecular flexibility index (Phi) is 5.12. The van der Waals surface area contributed by atoms with Crippen LogP contribution in [0.3, 0.4) is 0 Å².